The number of halogens is 1. The minimum atomic E-state index is 0.500. The van der Waals surface area contributed by atoms with E-state index in [4.69, 9.17) is 0 Å². The van der Waals surface area contributed by atoms with Gasteiger partial charge in [0.1, 0.15) is 0 Å². The number of hydrogen-bond donors (Lipinski definition) is 0. The Bertz CT molecular complexity index is 116. The van der Waals surface area contributed by atoms with Gasteiger partial charge in [0.05, 0.1) is 11.8 Å². The molecule has 0 spiro atoms. The van der Waals surface area contributed by atoms with Crippen molar-refractivity contribution in [2.24, 2.45) is 0 Å². The Hall–Kier alpha value is -0.700. The van der Waals surface area contributed by atoms with Crippen LogP contribution in [-0.4, -0.2) is 4.98 Å². The minimum absolute atomic E-state index is 0.500. The third-order valence-corrected chi connectivity index (χ3v) is 0.995. The van der Waals surface area contributed by atoms with Gasteiger partial charge >= 0.3 is 0 Å². The van der Waals surface area contributed by atoms with Crippen LogP contribution in [0.15, 0.2) is 29.5 Å². The highest BCUT2D eigenvalue weighted by molar-refractivity contribution is 7.07. The Morgan fingerprint density at radius 3 is 2.44 bits per heavy atom. The average molecular weight is 145 g/mol. The van der Waals surface area contributed by atoms with E-state index < -0.39 is 0 Å². The highest BCUT2D eigenvalue weighted by Crippen LogP contribution is 1.85. The van der Waals surface area contributed by atoms with Gasteiger partial charge in [0.25, 0.3) is 0 Å². The summed E-state index contributed by atoms with van der Waals surface area (Å²) in [5, 5.41) is 1.93. The van der Waals surface area contributed by atoms with Gasteiger partial charge in [-0.05, 0) is 6.92 Å². The Kier molecular flexibility index (Phi) is 6.73. The molecule has 0 aliphatic heterocycles. The highest BCUT2D eigenvalue weighted by atomic mass is 32.1. The van der Waals surface area contributed by atoms with Gasteiger partial charge in [-0.15, -0.1) is 11.3 Å². The van der Waals surface area contributed by atoms with Crippen molar-refractivity contribution in [1.82, 2.24) is 4.98 Å². The molecule has 9 heavy (non-hydrogen) atoms. The fourth-order valence-corrected chi connectivity index (χ4v) is 0.527. The summed E-state index contributed by atoms with van der Waals surface area (Å²) in [6, 6.07) is 0. The van der Waals surface area contributed by atoms with Crippen molar-refractivity contribution in [3.05, 3.63) is 29.5 Å². The van der Waals surface area contributed by atoms with Crippen LogP contribution >= 0.6 is 11.3 Å². The van der Waals surface area contributed by atoms with Gasteiger partial charge in [-0.2, -0.15) is 0 Å². The number of allylic oxidation sites excluding steroid dienone is 1. The molecule has 1 nitrogen and oxygen atoms in total. The number of rotatable bonds is 0. The first kappa shape index (κ1) is 8.30. The van der Waals surface area contributed by atoms with Gasteiger partial charge in [0, 0.05) is 11.6 Å². The largest absolute Gasteiger partial charge is 0.253 e. The van der Waals surface area contributed by atoms with E-state index in [0.29, 0.717) is 6.33 Å². The fraction of sp³-hybridized carbons (Fsp3) is 0.167. The molecule has 0 aliphatic carbocycles. The maximum Gasteiger partial charge on any atom is 0.0824 e. The van der Waals surface area contributed by atoms with E-state index in [1.54, 1.807) is 30.0 Å². The van der Waals surface area contributed by atoms with E-state index in [9.17, 15) is 4.39 Å². The second-order valence-corrected chi connectivity index (χ2v) is 1.89. The summed E-state index contributed by atoms with van der Waals surface area (Å²) >= 11 is 1.60. The van der Waals surface area contributed by atoms with Crippen molar-refractivity contribution in [2.45, 2.75) is 6.92 Å². The highest BCUT2D eigenvalue weighted by Gasteiger charge is 1.59. The molecule has 0 atom stereocenters. The first-order valence-corrected chi connectivity index (χ1v) is 3.39. The van der Waals surface area contributed by atoms with Crippen LogP contribution in [0.1, 0.15) is 6.92 Å². The van der Waals surface area contributed by atoms with E-state index in [2.05, 4.69) is 4.98 Å². The summed E-state index contributed by atoms with van der Waals surface area (Å²) in [6.45, 7) is 1.62. The Balaban J connectivity index is 0.000000148. The molecular formula is C6H8FNS. The van der Waals surface area contributed by atoms with E-state index in [0.717, 1.165) is 0 Å². The molecule has 0 fully saturated rings. The minimum Gasteiger partial charge on any atom is -0.253 e. The smallest absolute Gasteiger partial charge is 0.0824 e. The van der Waals surface area contributed by atoms with Crippen molar-refractivity contribution < 1.29 is 4.39 Å². The third kappa shape index (κ3) is 7.30. The Morgan fingerprint density at radius 2 is 2.33 bits per heavy atom. The monoisotopic (exact) mass is 145 g/mol. The van der Waals surface area contributed by atoms with Crippen molar-refractivity contribution in [1.29, 1.82) is 0 Å². The lowest BCUT2D eigenvalue weighted by Crippen LogP contribution is -1.38. The maximum atomic E-state index is 10.5. The van der Waals surface area contributed by atoms with Crippen LogP contribution in [0, 0.1) is 0 Å². The lowest BCUT2D eigenvalue weighted by molar-refractivity contribution is 0.719. The predicted molar refractivity (Wildman–Crippen MR) is 38.0 cm³/mol. The van der Waals surface area contributed by atoms with Gasteiger partial charge < -0.3 is 0 Å². The normalized spacial score (nSPS) is 8.67. The molecule has 1 aromatic heterocycles. The van der Waals surface area contributed by atoms with Gasteiger partial charge in [0.2, 0.25) is 0 Å². The summed E-state index contributed by atoms with van der Waals surface area (Å²) in [6.07, 6.45) is 3.60. The second-order valence-electron chi connectivity index (χ2n) is 1.14. The van der Waals surface area contributed by atoms with Crippen LogP contribution in [0.25, 0.3) is 0 Å². The van der Waals surface area contributed by atoms with Crippen molar-refractivity contribution in [2.75, 3.05) is 0 Å². The maximum absolute atomic E-state index is 10.5. The number of nitrogens with zero attached hydrogens (tertiary/aromatic N) is 1. The lowest BCUT2D eigenvalue weighted by atomic mass is 10.8. The van der Waals surface area contributed by atoms with Crippen LogP contribution in [0.3, 0.4) is 0 Å². The number of hydrogen-bond acceptors (Lipinski definition) is 2. The van der Waals surface area contributed by atoms with Crippen LogP contribution < -0.4 is 0 Å². The topological polar surface area (TPSA) is 12.9 Å². The summed E-state index contributed by atoms with van der Waals surface area (Å²) in [7, 11) is 0. The van der Waals surface area contributed by atoms with Gasteiger partial charge in [-0.1, -0.05) is 6.08 Å². The van der Waals surface area contributed by atoms with Gasteiger partial charge in [0.15, 0.2) is 0 Å². The van der Waals surface area contributed by atoms with Gasteiger partial charge in [-0.3, -0.25) is 4.98 Å². The van der Waals surface area contributed by atoms with Crippen LogP contribution in [0.5, 0.6) is 0 Å². The molecule has 0 aromatic carbocycles. The SMILES string of the molecule is CC=CF.c1cscn1. The molecule has 0 radical (unpaired) electrons. The van der Waals surface area contributed by atoms with E-state index in [-0.39, 0.29) is 0 Å². The molecule has 0 N–H and O–H groups in total. The van der Waals surface area contributed by atoms with Gasteiger partial charge in [-0.25, -0.2) is 4.39 Å². The first-order chi connectivity index (χ1) is 4.41. The third-order valence-electron chi connectivity index (χ3n) is 0.473. The quantitative estimate of drug-likeness (QED) is 0.547. The average Bonchev–Trinajstić information content (AvgIpc) is 2.43. The van der Waals surface area contributed by atoms with Crippen molar-refractivity contribution >= 4 is 11.3 Å². The molecule has 50 valence electrons. The zero-order valence-corrected chi connectivity index (χ0v) is 5.94. The van der Waals surface area contributed by atoms with Crippen molar-refractivity contribution in [3.8, 4) is 0 Å². The Morgan fingerprint density at radius 1 is 1.67 bits per heavy atom. The molecule has 1 rings (SSSR count). The van der Waals surface area contributed by atoms with Crippen LogP contribution in [0.4, 0.5) is 4.39 Å². The molecule has 0 bridgehead atoms. The lowest BCUT2D eigenvalue weighted by Gasteiger charge is -1.45. The van der Waals surface area contributed by atoms with E-state index >= 15 is 0 Å². The molecule has 0 aliphatic rings. The number of thiazole rings is 1. The zero-order valence-electron chi connectivity index (χ0n) is 5.12. The summed E-state index contributed by atoms with van der Waals surface area (Å²) < 4.78 is 10.5. The molecule has 0 amide bonds. The second kappa shape index (κ2) is 7.30. The molecule has 0 saturated carbocycles. The number of aromatic nitrogens is 1. The molecule has 3 heteroatoms. The standard InChI is InChI=1S/C3H5F.C3H3NS/c1-2-3-4;1-2-5-3-4-1/h2-3H,1H3;1-3H. The summed E-state index contributed by atoms with van der Waals surface area (Å²) in [5.41, 5.74) is 1.79. The molecule has 1 heterocycles. The molecule has 0 unspecified atom stereocenters. The van der Waals surface area contributed by atoms with Crippen LogP contribution in [-0.2, 0) is 0 Å². The Labute approximate surface area is 57.9 Å². The molecule has 0 saturated heterocycles. The molecular weight excluding hydrogens is 137 g/mol. The zero-order chi connectivity index (χ0) is 6.95. The summed E-state index contributed by atoms with van der Waals surface area (Å²) in [5.74, 6) is 0. The first-order valence-electron chi connectivity index (χ1n) is 2.45. The van der Waals surface area contributed by atoms with Crippen LogP contribution in [0.2, 0.25) is 0 Å². The van der Waals surface area contributed by atoms with Crippen molar-refractivity contribution in [3.63, 3.8) is 0 Å². The van der Waals surface area contributed by atoms with E-state index in [1.807, 2.05) is 5.38 Å². The molecule has 1 aromatic rings. The fourth-order valence-electron chi connectivity index (χ4n) is 0.176. The summed E-state index contributed by atoms with van der Waals surface area (Å²) in [4.78, 5) is 3.74. The van der Waals surface area contributed by atoms with E-state index in [1.165, 1.54) is 6.08 Å². The predicted octanol–water partition coefficient (Wildman–Crippen LogP) is 2.63.